The number of carboxylic acid groups (broad SMARTS) is 1. The van der Waals surface area contributed by atoms with Gasteiger partial charge in [-0.3, -0.25) is 4.90 Å². The smallest absolute Gasteiger partial charge is 0.411 e. The van der Waals surface area contributed by atoms with Crippen molar-refractivity contribution in [3.05, 3.63) is 12.7 Å². The molecule has 0 saturated carbocycles. The zero-order valence-electron chi connectivity index (χ0n) is 11.6. The lowest BCUT2D eigenvalue weighted by Crippen LogP contribution is -2.58. The molecule has 0 aromatic rings. The number of morpholine rings is 1. The van der Waals surface area contributed by atoms with Crippen molar-refractivity contribution in [2.24, 2.45) is 0 Å². The van der Waals surface area contributed by atoms with Crippen LogP contribution in [0.2, 0.25) is 0 Å². The summed E-state index contributed by atoms with van der Waals surface area (Å²) in [5.74, 6) is -1.10. The number of carboxylic acids is 1. The molecular weight excluding hydrogens is 250 g/mol. The normalized spacial score (nSPS) is 23.8. The molecule has 1 N–H and O–H groups in total. The quantitative estimate of drug-likeness (QED) is 0.790. The molecule has 0 aromatic heterocycles. The highest BCUT2D eigenvalue weighted by Crippen LogP contribution is 2.21. The molecule has 2 atom stereocenters. The van der Waals surface area contributed by atoms with Gasteiger partial charge in [0.15, 0.2) is 6.04 Å². The predicted molar refractivity (Wildman–Crippen MR) is 68.9 cm³/mol. The first-order chi connectivity index (χ1) is 8.76. The van der Waals surface area contributed by atoms with Crippen LogP contribution in [0.5, 0.6) is 0 Å². The van der Waals surface area contributed by atoms with Gasteiger partial charge in [-0.25, -0.2) is 9.59 Å². The number of carbonyl (C=O) groups excluding carboxylic acids is 1. The monoisotopic (exact) mass is 271 g/mol. The van der Waals surface area contributed by atoms with Gasteiger partial charge in [0.1, 0.15) is 5.60 Å². The molecule has 6 heteroatoms. The molecule has 0 radical (unpaired) electrons. The van der Waals surface area contributed by atoms with E-state index in [1.807, 2.05) is 0 Å². The van der Waals surface area contributed by atoms with Crippen LogP contribution in [-0.4, -0.2) is 53.0 Å². The van der Waals surface area contributed by atoms with Gasteiger partial charge in [-0.1, -0.05) is 6.08 Å². The molecule has 2 unspecified atom stereocenters. The van der Waals surface area contributed by atoms with Crippen molar-refractivity contribution in [3.8, 4) is 0 Å². The van der Waals surface area contributed by atoms with Crippen LogP contribution in [0.15, 0.2) is 12.7 Å². The van der Waals surface area contributed by atoms with Gasteiger partial charge in [0.2, 0.25) is 0 Å². The third-order valence-electron chi connectivity index (χ3n) is 2.64. The summed E-state index contributed by atoms with van der Waals surface area (Å²) < 4.78 is 10.5. The second-order valence-corrected chi connectivity index (χ2v) is 5.46. The third-order valence-corrected chi connectivity index (χ3v) is 2.64. The van der Waals surface area contributed by atoms with E-state index in [1.54, 1.807) is 26.8 Å². The average molecular weight is 271 g/mol. The molecule has 1 rings (SSSR count). The Hall–Kier alpha value is -1.56. The lowest BCUT2D eigenvalue weighted by molar-refractivity contribution is -0.152. The van der Waals surface area contributed by atoms with Crippen LogP contribution >= 0.6 is 0 Å². The largest absolute Gasteiger partial charge is 0.480 e. The maximum Gasteiger partial charge on any atom is 0.411 e. The van der Waals surface area contributed by atoms with Crippen LogP contribution in [0.3, 0.4) is 0 Å². The van der Waals surface area contributed by atoms with E-state index in [2.05, 4.69) is 6.58 Å². The number of ether oxygens (including phenoxy) is 2. The summed E-state index contributed by atoms with van der Waals surface area (Å²) in [6, 6.07) is -1.38. The maximum atomic E-state index is 12.2. The van der Waals surface area contributed by atoms with Crippen molar-refractivity contribution < 1.29 is 24.2 Å². The van der Waals surface area contributed by atoms with Crippen molar-refractivity contribution >= 4 is 12.1 Å². The fourth-order valence-corrected chi connectivity index (χ4v) is 1.89. The standard InChI is InChI=1S/C13H21NO5/c1-5-6-9-7-18-8-10(11(15)16)14(9)12(17)19-13(2,3)4/h5,9-10H,1,6-8H2,2-4H3,(H,15,16). The van der Waals surface area contributed by atoms with Gasteiger partial charge in [-0.15, -0.1) is 6.58 Å². The van der Waals surface area contributed by atoms with Gasteiger partial charge in [0.25, 0.3) is 0 Å². The summed E-state index contributed by atoms with van der Waals surface area (Å²) in [5, 5.41) is 9.19. The molecule has 1 aliphatic rings. The summed E-state index contributed by atoms with van der Waals surface area (Å²) in [4.78, 5) is 24.6. The van der Waals surface area contributed by atoms with E-state index >= 15 is 0 Å². The van der Waals surface area contributed by atoms with Crippen molar-refractivity contribution in [1.82, 2.24) is 4.90 Å². The zero-order valence-corrected chi connectivity index (χ0v) is 11.6. The van der Waals surface area contributed by atoms with E-state index in [4.69, 9.17) is 9.47 Å². The summed E-state index contributed by atoms with van der Waals surface area (Å²) in [7, 11) is 0. The van der Waals surface area contributed by atoms with Crippen LogP contribution in [-0.2, 0) is 14.3 Å². The number of nitrogens with zero attached hydrogens (tertiary/aromatic N) is 1. The Morgan fingerprint density at radius 2 is 2.11 bits per heavy atom. The Morgan fingerprint density at radius 3 is 2.58 bits per heavy atom. The number of amides is 1. The average Bonchev–Trinajstić information content (AvgIpc) is 2.26. The first kappa shape index (κ1) is 15.5. The van der Waals surface area contributed by atoms with Gasteiger partial charge < -0.3 is 14.6 Å². The zero-order chi connectivity index (χ0) is 14.6. The number of aliphatic carboxylic acids is 1. The molecule has 1 amide bonds. The molecule has 108 valence electrons. The first-order valence-corrected chi connectivity index (χ1v) is 6.19. The molecular formula is C13H21NO5. The van der Waals surface area contributed by atoms with E-state index in [0.717, 1.165) is 0 Å². The van der Waals surface area contributed by atoms with Crippen molar-refractivity contribution in [2.75, 3.05) is 13.2 Å². The fourth-order valence-electron chi connectivity index (χ4n) is 1.89. The van der Waals surface area contributed by atoms with Crippen LogP contribution in [0.4, 0.5) is 4.79 Å². The topological polar surface area (TPSA) is 76.1 Å². The van der Waals surface area contributed by atoms with Crippen molar-refractivity contribution in [2.45, 2.75) is 44.9 Å². The summed E-state index contributed by atoms with van der Waals surface area (Å²) in [6.07, 6.45) is 1.47. The van der Waals surface area contributed by atoms with E-state index in [-0.39, 0.29) is 19.3 Å². The minimum Gasteiger partial charge on any atom is -0.480 e. The summed E-state index contributed by atoms with van der Waals surface area (Å²) in [6.45, 7) is 9.09. The van der Waals surface area contributed by atoms with Crippen LogP contribution in [0, 0.1) is 0 Å². The highest BCUT2D eigenvalue weighted by molar-refractivity contribution is 5.80. The van der Waals surface area contributed by atoms with Crippen molar-refractivity contribution in [3.63, 3.8) is 0 Å². The number of rotatable bonds is 3. The predicted octanol–water partition coefficient (Wildman–Crippen LogP) is 1.65. The van der Waals surface area contributed by atoms with Crippen LogP contribution in [0.25, 0.3) is 0 Å². The third kappa shape index (κ3) is 4.24. The van der Waals surface area contributed by atoms with Gasteiger partial charge in [-0.05, 0) is 27.2 Å². The Morgan fingerprint density at radius 1 is 1.47 bits per heavy atom. The van der Waals surface area contributed by atoms with E-state index in [1.165, 1.54) is 4.90 Å². The van der Waals surface area contributed by atoms with E-state index in [0.29, 0.717) is 6.42 Å². The Bertz CT molecular complexity index is 361. The minimum absolute atomic E-state index is 0.0256. The second kappa shape index (κ2) is 6.06. The molecule has 0 aromatic carbocycles. The molecule has 1 fully saturated rings. The summed E-state index contributed by atoms with van der Waals surface area (Å²) >= 11 is 0. The molecule has 1 heterocycles. The molecule has 0 bridgehead atoms. The minimum atomic E-state index is -1.10. The lowest BCUT2D eigenvalue weighted by Gasteiger charge is -2.40. The molecule has 19 heavy (non-hydrogen) atoms. The number of hydrogen-bond donors (Lipinski definition) is 1. The number of carbonyl (C=O) groups is 2. The Kier molecular flexibility index (Phi) is 4.94. The molecule has 6 nitrogen and oxygen atoms in total. The maximum absolute atomic E-state index is 12.2. The molecule has 1 saturated heterocycles. The highest BCUT2D eigenvalue weighted by Gasteiger charge is 2.40. The first-order valence-electron chi connectivity index (χ1n) is 6.19. The highest BCUT2D eigenvalue weighted by atomic mass is 16.6. The van der Waals surface area contributed by atoms with Gasteiger partial charge in [0, 0.05) is 0 Å². The Labute approximate surface area is 113 Å². The lowest BCUT2D eigenvalue weighted by atomic mass is 10.1. The Balaban J connectivity index is 2.92. The molecule has 0 spiro atoms. The van der Waals surface area contributed by atoms with Crippen molar-refractivity contribution in [1.29, 1.82) is 0 Å². The molecule has 0 aliphatic carbocycles. The number of hydrogen-bond acceptors (Lipinski definition) is 4. The van der Waals surface area contributed by atoms with Gasteiger partial charge in [0.05, 0.1) is 19.3 Å². The van der Waals surface area contributed by atoms with Crippen LogP contribution < -0.4 is 0 Å². The van der Waals surface area contributed by atoms with Gasteiger partial charge in [-0.2, -0.15) is 0 Å². The molecule has 1 aliphatic heterocycles. The SMILES string of the molecule is C=CCC1COCC(C(=O)O)N1C(=O)OC(C)(C)C. The van der Waals surface area contributed by atoms with E-state index < -0.39 is 23.7 Å². The van der Waals surface area contributed by atoms with Gasteiger partial charge >= 0.3 is 12.1 Å². The second-order valence-electron chi connectivity index (χ2n) is 5.46. The van der Waals surface area contributed by atoms with E-state index in [9.17, 15) is 14.7 Å². The fraction of sp³-hybridized carbons (Fsp3) is 0.692. The summed E-state index contributed by atoms with van der Waals surface area (Å²) in [5.41, 5.74) is -0.669. The van der Waals surface area contributed by atoms with Crippen LogP contribution in [0.1, 0.15) is 27.2 Å².